The molecule has 1 aromatic heterocycles. The van der Waals surface area contributed by atoms with E-state index in [-0.39, 0.29) is 11.9 Å². The van der Waals surface area contributed by atoms with Gasteiger partial charge in [-0.15, -0.1) is 0 Å². The minimum atomic E-state index is -0.427. The zero-order valence-corrected chi connectivity index (χ0v) is 11.4. The Balaban J connectivity index is 1.68. The van der Waals surface area contributed by atoms with Crippen LogP contribution in [0.1, 0.15) is 12.2 Å². The van der Waals surface area contributed by atoms with Crippen LogP contribution in [0.25, 0.3) is 11.0 Å². The maximum Gasteiger partial charge on any atom is 0.239 e. The molecule has 106 valence electrons. The predicted octanol–water partition coefficient (Wildman–Crippen LogP) is 1.11. The summed E-state index contributed by atoms with van der Waals surface area (Å²) in [7, 11) is 1.75. The molecule has 5 nitrogen and oxygen atoms in total. The minimum Gasteiger partial charge on any atom is -0.459 e. The second-order valence-corrected chi connectivity index (χ2v) is 5.30. The summed E-state index contributed by atoms with van der Waals surface area (Å²) in [6.07, 6.45) is 0.0482. The van der Waals surface area contributed by atoms with Crippen LogP contribution in [-0.4, -0.2) is 41.7 Å². The molecule has 5 heteroatoms. The van der Waals surface area contributed by atoms with Crippen LogP contribution in [0.4, 0.5) is 0 Å². The highest BCUT2D eigenvalue weighted by Crippen LogP contribution is 2.20. The van der Waals surface area contributed by atoms with Gasteiger partial charge in [-0.25, -0.2) is 0 Å². The Labute approximate surface area is 117 Å². The number of aliphatic hydroxyl groups excluding tert-OH is 1. The molecular formula is C15H18N2O3. The van der Waals surface area contributed by atoms with E-state index in [1.54, 1.807) is 11.9 Å². The number of aliphatic hydroxyl groups is 1. The van der Waals surface area contributed by atoms with Gasteiger partial charge >= 0.3 is 0 Å². The summed E-state index contributed by atoms with van der Waals surface area (Å²) >= 11 is 0. The molecule has 0 spiro atoms. The molecule has 3 rings (SSSR count). The second-order valence-electron chi connectivity index (χ2n) is 5.30. The van der Waals surface area contributed by atoms with Gasteiger partial charge in [-0.1, -0.05) is 18.2 Å². The van der Waals surface area contributed by atoms with Crippen LogP contribution in [0.15, 0.2) is 34.7 Å². The van der Waals surface area contributed by atoms with Crippen molar-refractivity contribution in [1.82, 2.24) is 10.2 Å². The minimum absolute atomic E-state index is 0.0120. The zero-order valence-electron chi connectivity index (χ0n) is 11.4. The number of β-amino-alcohol motifs (C(OH)–C–C–N with tert-alkyl or cyclic N) is 1. The van der Waals surface area contributed by atoms with E-state index in [0.717, 1.165) is 16.7 Å². The van der Waals surface area contributed by atoms with Gasteiger partial charge in [0.05, 0.1) is 18.7 Å². The molecule has 2 heterocycles. The van der Waals surface area contributed by atoms with Crippen molar-refractivity contribution in [2.75, 3.05) is 13.6 Å². The molecule has 20 heavy (non-hydrogen) atoms. The average molecular weight is 274 g/mol. The van der Waals surface area contributed by atoms with Crippen molar-refractivity contribution in [2.45, 2.75) is 25.1 Å². The first-order valence-electron chi connectivity index (χ1n) is 6.77. The van der Waals surface area contributed by atoms with Crippen molar-refractivity contribution in [3.05, 3.63) is 36.1 Å². The van der Waals surface area contributed by atoms with Crippen molar-refractivity contribution in [3.63, 3.8) is 0 Å². The van der Waals surface area contributed by atoms with Gasteiger partial charge in [0.25, 0.3) is 0 Å². The van der Waals surface area contributed by atoms with Gasteiger partial charge in [-0.05, 0) is 18.6 Å². The van der Waals surface area contributed by atoms with E-state index in [1.165, 1.54) is 0 Å². The molecule has 0 saturated carbocycles. The second kappa shape index (κ2) is 5.26. The number of rotatable bonds is 3. The van der Waals surface area contributed by atoms with Gasteiger partial charge in [0.1, 0.15) is 11.3 Å². The van der Waals surface area contributed by atoms with Gasteiger partial charge in [-0.2, -0.15) is 0 Å². The van der Waals surface area contributed by atoms with Crippen LogP contribution < -0.4 is 5.32 Å². The third kappa shape index (κ3) is 2.55. The fourth-order valence-corrected chi connectivity index (χ4v) is 2.60. The molecule has 1 saturated heterocycles. The lowest BCUT2D eigenvalue weighted by Crippen LogP contribution is -2.41. The van der Waals surface area contributed by atoms with E-state index >= 15 is 0 Å². The topological polar surface area (TPSA) is 65.7 Å². The Bertz CT molecular complexity index is 589. The van der Waals surface area contributed by atoms with Gasteiger partial charge < -0.3 is 19.7 Å². The molecule has 2 atom stereocenters. The van der Waals surface area contributed by atoms with Crippen LogP contribution in [0.2, 0.25) is 0 Å². The third-order valence-electron chi connectivity index (χ3n) is 3.65. The summed E-state index contributed by atoms with van der Waals surface area (Å²) in [6, 6.07) is 9.44. The Hall–Kier alpha value is -1.85. The smallest absolute Gasteiger partial charge is 0.239 e. The normalized spacial score (nSPS) is 22.3. The van der Waals surface area contributed by atoms with E-state index in [9.17, 15) is 9.90 Å². The van der Waals surface area contributed by atoms with E-state index < -0.39 is 6.10 Å². The summed E-state index contributed by atoms with van der Waals surface area (Å²) in [5.41, 5.74) is 0.831. The number of benzene rings is 1. The first-order valence-corrected chi connectivity index (χ1v) is 6.77. The monoisotopic (exact) mass is 274 g/mol. The SMILES string of the molecule is CN(Cc1cc2ccccc2o1)C(=O)C1CC(O)CN1. The highest BCUT2D eigenvalue weighted by molar-refractivity contribution is 5.82. The maximum atomic E-state index is 12.2. The lowest BCUT2D eigenvalue weighted by molar-refractivity contribution is -0.132. The summed E-state index contributed by atoms with van der Waals surface area (Å²) in [4.78, 5) is 13.9. The molecule has 1 fully saturated rings. The van der Waals surface area contributed by atoms with Crippen molar-refractivity contribution in [2.24, 2.45) is 0 Å². The largest absolute Gasteiger partial charge is 0.459 e. The van der Waals surface area contributed by atoms with E-state index in [2.05, 4.69) is 5.32 Å². The van der Waals surface area contributed by atoms with Crippen LogP contribution >= 0.6 is 0 Å². The fourth-order valence-electron chi connectivity index (χ4n) is 2.60. The summed E-state index contributed by atoms with van der Waals surface area (Å²) in [5, 5.41) is 13.5. The zero-order chi connectivity index (χ0) is 14.1. The van der Waals surface area contributed by atoms with E-state index in [1.807, 2.05) is 30.3 Å². The van der Waals surface area contributed by atoms with Crippen molar-refractivity contribution in [3.8, 4) is 0 Å². The lowest BCUT2D eigenvalue weighted by atomic mass is 10.2. The number of nitrogens with one attached hydrogen (secondary N) is 1. The van der Waals surface area contributed by atoms with Crippen LogP contribution in [0, 0.1) is 0 Å². The number of hydrogen-bond donors (Lipinski definition) is 2. The molecule has 1 aromatic carbocycles. The molecule has 2 aromatic rings. The summed E-state index contributed by atoms with van der Waals surface area (Å²) in [5.74, 6) is 0.752. The van der Waals surface area contributed by atoms with Crippen LogP contribution in [0.5, 0.6) is 0 Å². The standard InChI is InChI=1S/C15H18N2O3/c1-17(15(19)13-7-11(18)8-16-13)9-12-6-10-4-2-3-5-14(10)20-12/h2-6,11,13,16,18H,7-9H2,1H3. The van der Waals surface area contributed by atoms with Crippen molar-refractivity contribution in [1.29, 1.82) is 0 Å². The molecule has 2 unspecified atom stereocenters. The molecule has 1 amide bonds. The third-order valence-corrected chi connectivity index (χ3v) is 3.65. The highest BCUT2D eigenvalue weighted by atomic mass is 16.3. The number of fused-ring (bicyclic) bond motifs is 1. The quantitative estimate of drug-likeness (QED) is 0.880. The number of carbonyl (C=O) groups excluding carboxylic acids is 1. The number of hydrogen-bond acceptors (Lipinski definition) is 4. The van der Waals surface area contributed by atoms with Crippen LogP contribution in [-0.2, 0) is 11.3 Å². The van der Waals surface area contributed by atoms with Crippen LogP contribution in [0.3, 0.4) is 0 Å². The van der Waals surface area contributed by atoms with Crippen molar-refractivity contribution < 1.29 is 14.3 Å². The molecule has 0 radical (unpaired) electrons. The fraction of sp³-hybridized carbons (Fsp3) is 0.400. The molecule has 1 aliphatic heterocycles. The number of likely N-dealkylation sites (N-methyl/N-ethyl adjacent to an activating group) is 1. The molecule has 0 bridgehead atoms. The number of para-hydroxylation sites is 1. The first-order chi connectivity index (χ1) is 9.63. The van der Waals surface area contributed by atoms with Gasteiger partial charge in [0, 0.05) is 19.0 Å². The van der Waals surface area contributed by atoms with E-state index in [0.29, 0.717) is 19.5 Å². The summed E-state index contributed by atoms with van der Waals surface area (Å²) in [6.45, 7) is 0.913. The molecule has 0 aliphatic carbocycles. The van der Waals surface area contributed by atoms with Gasteiger partial charge in [0.2, 0.25) is 5.91 Å². The highest BCUT2D eigenvalue weighted by Gasteiger charge is 2.30. The predicted molar refractivity (Wildman–Crippen MR) is 75.1 cm³/mol. The van der Waals surface area contributed by atoms with Gasteiger partial charge in [0.15, 0.2) is 0 Å². The Morgan fingerprint density at radius 3 is 3.00 bits per heavy atom. The summed E-state index contributed by atoms with van der Waals surface area (Å²) < 4.78 is 5.71. The first kappa shape index (κ1) is 13.1. The number of nitrogens with zero attached hydrogens (tertiary/aromatic N) is 1. The lowest BCUT2D eigenvalue weighted by Gasteiger charge is -2.19. The Morgan fingerprint density at radius 2 is 2.30 bits per heavy atom. The maximum absolute atomic E-state index is 12.2. The molecule has 1 aliphatic rings. The number of amides is 1. The average Bonchev–Trinajstić information content (AvgIpc) is 3.03. The van der Waals surface area contributed by atoms with E-state index in [4.69, 9.17) is 4.42 Å². The Kier molecular flexibility index (Phi) is 3.46. The molecule has 2 N–H and O–H groups in total. The molecular weight excluding hydrogens is 256 g/mol. The van der Waals surface area contributed by atoms with Gasteiger partial charge in [-0.3, -0.25) is 4.79 Å². The Morgan fingerprint density at radius 1 is 1.50 bits per heavy atom. The van der Waals surface area contributed by atoms with Crippen molar-refractivity contribution >= 4 is 16.9 Å². The number of carbonyl (C=O) groups is 1. The number of furan rings is 1.